The van der Waals surface area contributed by atoms with Crippen molar-refractivity contribution in [2.24, 2.45) is 0 Å². The lowest BCUT2D eigenvalue weighted by molar-refractivity contribution is -0.0434. The van der Waals surface area contributed by atoms with Crippen LogP contribution in [0, 0.1) is 0 Å². The van der Waals surface area contributed by atoms with Crippen LogP contribution in [0.4, 0.5) is 0 Å². The molecule has 1 saturated heterocycles. The summed E-state index contributed by atoms with van der Waals surface area (Å²) in [7, 11) is -1.14. The van der Waals surface area contributed by atoms with Gasteiger partial charge in [0, 0.05) is 20.2 Å². The molecule has 1 aromatic carbocycles. The van der Waals surface area contributed by atoms with Crippen LogP contribution in [-0.4, -0.2) is 48.5 Å². The number of carboxylic acids is 1. The smallest absolute Gasteiger partial charge is 0.335 e. The van der Waals surface area contributed by atoms with Crippen LogP contribution in [0.5, 0.6) is 0 Å². The zero-order valence-corrected chi connectivity index (χ0v) is 15.8. The molecule has 0 bridgehead atoms. The highest BCUT2D eigenvalue weighted by molar-refractivity contribution is 6.76. The maximum atomic E-state index is 11.4. The highest BCUT2D eigenvalue weighted by Gasteiger charge is 2.25. The average molecular weight is 364 g/mol. The first-order chi connectivity index (χ1) is 11.8. The van der Waals surface area contributed by atoms with Crippen molar-refractivity contribution in [1.29, 1.82) is 0 Å². The fourth-order valence-corrected chi connectivity index (χ4v) is 3.48. The molecule has 1 fully saturated rings. The lowest BCUT2D eigenvalue weighted by Gasteiger charge is -2.17. The molecule has 2 heterocycles. The monoisotopic (exact) mass is 364 g/mol. The fraction of sp³-hybridized carbons (Fsp3) is 0.529. The summed E-state index contributed by atoms with van der Waals surface area (Å²) in [5.41, 5.74) is 2.25. The Labute approximate surface area is 147 Å². The normalized spacial score (nSPS) is 16.0. The summed E-state index contributed by atoms with van der Waals surface area (Å²) in [6.45, 7) is 8.98. The molecule has 1 aromatic heterocycles. The van der Waals surface area contributed by atoms with Gasteiger partial charge in [0.1, 0.15) is 6.73 Å². The Balaban J connectivity index is 1.88. The van der Waals surface area contributed by atoms with Gasteiger partial charge in [0.15, 0.2) is 6.29 Å². The van der Waals surface area contributed by atoms with Crippen molar-refractivity contribution in [2.45, 2.75) is 38.7 Å². The first kappa shape index (κ1) is 18.1. The van der Waals surface area contributed by atoms with E-state index in [4.69, 9.17) is 14.2 Å². The number of carboxylic acid groups (broad SMARTS) is 1. The standard InChI is InChI=1S/C17H24N2O5Si/c1-25(2,3)7-6-22-11-19-10-18-14-9-12(16(20)21)8-13(15(14)19)17-23-4-5-24-17/h8-10,17H,4-7,11H2,1-3H3,(H,20,21). The number of nitrogens with zero attached hydrogens (tertiary/aromatic N) is 2. The second kappa shape index (κ2) is 7.25. The van der Waals surface area contributed by atoms with Crippen LogP contribution in [0.1, 0.15) is 22.2 Å². The summed E-state index contributed by atoms with van der Waals surface area (Å²) in [5.74, 6) is -0.998. The van der Waals surface area contributed by atoms with E-state index in [2.05, 4.69) is 24.6 Å². The van der Waals surface area contributed by atoms with Crippen LogP contribution < -0.4 is 0 Å². The topological polar surface area (TPSA) is 82.8 Å². The van der Waals surface area contributed by atoms with Crippen molar-refractivity contribution >= 4 is 25.1 Å². The zero-order chi connectivity index (χ0) is 18.0. The first-order valence-electron chi connectivity index (χ1n) is 8.38. The number of benzene rings is 1. The van der Waals surface area contributed by atoms with Crippen molar-refractivity contribution in [3.63, 3.8) is 0 Å². The number of fused-ring (bicyclic) bond motifs is 1. The van der Waals surface area contributed by atoms with E-state index in [9.17, 15) is 9.90 Å². The third kappa shape index (κ3) is 4.27. The Hall–Kier alpha value is -1.74. The second-order valence-corrected chi connectivity index (χ2v) is 13.0. The Morgan fingerprint density at radius 1 is 1.36 bits per heavy atom. The summed E-state index contributed by atoms with van der Waals surface area (Å²) in [6, 6.07) is 4.25. The molecule has 0 radical (unpaired) electrons. The van der Waals surface area contributed by atoms with Gasteiger partial charge in [-0.3, -0.25) is 0 Å². The molecule has 1 aliphatic rings. The van der Waals surface area contributed by atoms with E-state index < -0.39 is 20.3 Å². The molecule has 0 saturated carbocycles. The summed E-state index contributed by atoms with van der Waals surface area (Å²) >= 11 is 0. The van der Waals surface area contributed by atoms with E-state index in [1.165, 1.54) is 0 Å². The van der Waals surface area contributed by atoms with E-state index in [0.717, 1.165) is 11.6 Å². The highest BCUT2D eigenvalue weighted by atomic mass is 28.3. The van der Waals surface area contributed by atoms with Crippen LogP contribution in [0.2, 0.25) is 25.7 Å². The third-order valence-corrected chi connectivity index (χ3v) is 5.80. The largest absolute Gasteiger partial charge is 0.478 e. The van der Waals surface area contributed by atoms with Crippen molar-refractivity contribution in [3.05, 3.63) is 29.6 Å². The molecule has 1 aliphatic heterocycles. The minimum Gasteiger partial charge on any atom is -0.478 e. The van der Waals surface area contributed by atoms with E-state index >= 15 is 0 Å². The van der Waals surface area contributed by atoms with E-state index in [1.807, 2.05) is 4.57 Å². The molecule has 0 atom stereocenters. The number of carbonyl (C=O) groups is 1. The lowest BCUT2D eigenvalue weighted by atomic mass is 10.1. The van der Waals surface area contributed by atoms with Gasteiger partial charge >= 0.3 is 5.97 Å². The fourth-order valence-electron chi connectivity index (χ4n) is 2.72. The molecule has 136 valence electrons. The van der Waals surface area contributed by atoms with Gasteiger partial charge in [-0.2, -0.15) is 0 Å². The van der Waals surface area contributed by atoms with Crippen LogP contribution in [-0.2, 0) is 20.9 Å². The highest BCUT2D eigenvalue weighted by Crippen LogP contribution is 2.31. The molecular formula is C17H24N2O5Si. The van der Waals surface area contributed by atoms with Crippen LogP contribution >= 0.6 is 0 Å². The Morgan fingerprint density at radius 3 is 2.72 bits per heavy atom. The molecule has 0 unspecified atom stereocenters. The van der Waals surface area contributed by atoms with E-state index in [1.54, 1.807) is 18.5 Å². The molecule has 0 amide bonds. The number of hydrogen-bond acceptors (Lipinski definition) is 5. The molecule has 2 aromatic rings. The quantitative estimate of drug-likeness (QED) is 0.600. The van der Waals surface area contributed by atoms with Crippen molar-refractivity contribution in [3.8, 4) is 0 Å². The SMILES string of the molecule is C[Si](C)(C)CCOCn1cnc2cc(C(=O)O)cc(C3OCCO3)c21. The molecule has 7 nitrogen and oxygen atoms in total. The van der Waals surface area contributed by atoms with Crippen LogP contribution in [0.3, 0.4) is 0 Å². The van der Waals surface area contributed by atoms with Gasteiger partial charge in [-0.15, -0.1) is 0 Å². The maximum absolute atomic E-state index is 11.4. The number of hydrogen-bond donors (Lipinski definition) is 1. The van der Waals surface area contributed by atoms with Gasteiger partial charge in [-0.25, -0.2) is 9.78 Å². The van der Waals surface area contributed by atoms with Crippen molar-refractivity contribution < 1.29 is 24.1 Å². The summed E-state index contributed by atoms with van der Waals surface area (Å²) in [4.78, 5) is 15.7. The van der Waals surface area contributed by atoms with E-state index in [0.29, 0.717) is 37.6 Å². The predicted octanol–water partition coefficient (Wildman–Crippen LogP) is 3.09. The minimum atomic E-state index is -1.14. The van der Waals surface area contributed by atoms with Gasteiger partial charge in [-0.1, -0.05) is 19.6 Å². The summed E-state index contributed by atoms with van der Waals surface area (Å²) < 4.78 is 18.9. The summed E-state index contributed by atoms with van der Waals surface area (Å²) in [6.07, 6.45) is 1.10. The van der Waals surface area contributed by atoms with Gasteiger partial charge < -0.3 is 23.9 Å². The number of aromatic carboxylic acids is 1. The maximum Gasteiger partial charge on any atom is 0.335 e. The first-order valence-corrected chi connectivity index (χ1v) is 12.1. The summed E-state index contributed by atoms with van der Waals surface area (Å²) in [5, 5.41) is 9.33. The predicted molar refractivity (Wildman–Crippen MR) is 95.4 cm³/mol. The number of ether oxygens (including phenoxy) is 3. The number of imidazole rings is 1. The second-order valence-electron chi connectivity index (χ2n) is 7.37. The lowest BCUT2D eigenvalue weighted by Crippen LogP contribution is -2.22. The molecule has 8 heteroatoms. The molecule has 25 heavy (non-hydrogen) atoms. The Morgan fingerprint density at radius 2 is 2.08 bits per heavy atom. The Kier molecular flexibility index (Phi) is 5.23. The zero-order valence-electron chi connectivity index (χ0n) is 14.8. The van der Waals surface area contributed by atoms with E-state index in [-0.39, 0.29) is 5.56 Å². The molecule has 0 aliphatic carbocycles. The minimum absolute atomic E-state index is 0.173. The number of rotatable bonds is 7. The third-order valence-electron chi connectivity index (χ3n) is 4.09. The molecular weight excluding hydrogens is 340 g/mol. The molecule has 1 N–H and O–H groups in total. The molecule has 3 rings (SSSR count). The van der Waals surface area contributed by atoms with Crippen molar-refractivity contribution in [2.75, 3.05) is 19.8 Å². The van der Waals surface area contributed by atoms with Gasteiger partial charge in [0.2, 0.25) is 0 Å². The average Bonchev–Trinajstić information content (AvgIpc) is 3.19. The van der Waals surface area contributed by atoms with Gasteiger partial charge in [0.25, 0.3) is 0 Å². The molecule has 0 spiro atoms. The van der Waals surface area contributed by atoms with Crippen LogP contribution in [0.25, 0.3) is 11.0 Å². The van der Waals surface area contributed by atoms with Gasteiger partial charge in [0.05, 0.1) is 36.1 Å². The Bertz CT molecular complexity index is 762. The number of aromatic nitrogens is 2. The van der Waals surface area contributed by atoms with Crippen LogP contribution in [0.15, 0.2) is 18.5 Å². The van der Waals surface area contributed by atoms with Gasteiger partial charge in [-0.05, 0) is 18.2 Å². The van der Waals surface area contributed by atoms with Crippen molar-refractivity contribution in [1.82, 2.24) is 9.55 Å².